The molecule has 8 nitrogen and oxygen atoms in total. The Labute approximate surface area is 213 Å². The summed E-state index contributed by atoms with van der Waals surface area (Å²) in [5.41, 5.74) is 5.37. The van der Waals surface area contributed by atoms with Gasteiger partial charge in [0.2, 0.25) is 0 Å². The Morgan fingerprint density at radius 2 is 1.94 bits per heavy atom. The first-order valence-electron chi connectivity index (χ1n) is 10.4. The van der Waals surface area contributed by atoms with E-state index in [1.165, 1.54) is 35.2 Å². The molecule has 0 atom stereocenters. The van der Waals surface area contributed by atoms with Crippen molar-refractivity contribution < 1.29 is 19.2 Å². The van der Waals surface area contributed by atoms with Crippen molar-refractivity contribution >= 4 is 55.2 Å². The molecular formula is C25H20BrN3O5S. The second kappa shape index (κ2) is 10.7. The van der Waals surface area contributed by atoms with Crippen LogP contribution in [-0.2, 0) is 6.61 Å². The Morgan fingerprint density at radius 1 is 1.17 bits per heavy atom. The molecule has 4 aromatic rings. The molecule has 1 aromatic heterocycles. The number of benzene rings is 3. The fourth-order valence-electron chi connectivity index (χ4n) is 3.27. The van der Waals surface area contributed by atoms with E-state index in [1.54, 1.807) is 31.4 Å². The zero-order valence-electron chi connectivity index (χ0n) is 18.8. The van der Waals surface area contributed by atoms with Gasteiger partial charge < -0.3 is 9.47 Å². The molecule has 4 rings (SSSR count). The van der Waals surface area contributed by atoms with E-state index in [2.05, 4.69) is 26.5 Å². The highest BCUT2D eigenvalue weighted by molar-refractivity contribution is 9.10. The lowest BCUT2D eigenvalue weighted by molar-refractivity contribution is -0.384. The summed E-state index contributed by atoms with van der Waals surface area (Å²) in [6.45, 7) is 2.42. The van der Waals surface area contributed by atoms with Gasteiger partial charge in [-0.05, 0) is 58.2 Å². The number of halogens is 1. The summed E-state index contributed by atoms with van der Waals surface area (Å²) in [5, 5.41) is 15.6. The number of aryl methyl sites for hydroxylation is 1. The van der Waals surface area contributed by atoms with Crippen LogP contribution in [0.15, 0.2) is 70.2 Å². The van der Waals surface area contributed by atoms with Gasteiger partial charge in [-0.3, -0.25) is 14.9 Å². The topological polar surface area (TPSA) is 103 Å². The molecule has 1 heterocycles. The van der Waals surface area contributed by atoms with Gasteiger partial charge in [-0.25, -0.2) is 5.43 Å². The van der Waals surface area contributed by atoms with Crippen molar-refractivity contribution in [2.45, 2.75) is 13.5 Å². The number of methoxy groups -OCH3 is 1. The number of hydrogen-bond donors (Lipinski definition) is 1. The van der Waals surface area contributed by atoms with Gasteiger partial charge in [0, 0.05) is 22.2 Å². The molecule has 0 aliphatic carbocycles. The van der Waals surface area contributed by atoms with E-state index < -0.39 is 10.8 Å². The van der Waals surface area contributed by atoms with Crippen LogP contribution in [0, 0.1) is 17.0 Å². The summed E-state index contributed by atoms with van der Waals surface area (Å²) >= 11 is 4.75. The number of hydrogen-bond acceptors (Lipinski definition) is 7. The lowest BCUT2D eigenvalue weighted by Crippen LogP contribution is -2.16. The molecule has 35 heavy (non-hydrogen) atoms. The van der Waals surface area contributed by atoms with E-state index in [9.17, 15) is 14.9 Å². The Balaban J connectivity index is 1.44. The number of ether oxygens (including phenoxy) is 2. The third kappa shape index (κ3) is 5.84. The SMILES string of the molecule is COc1cc(/C=N\NC(=O)c2cc3cc([N+](=O)[O-])ccc3s2)cc(Br)c1OCc1ccc(C)cc1. The number of nitrogens with zero attached hydrogens (tertiary/aromatic N) is 2. The number of non-ortho nitro benzene ring substituents is 1. The van der Waals surface area contributed by atoms with Gasteiger partial charge >= 0.3 is 0 Å². The van der Waals surface area contributed by atoms with Crippen LogP contribution in [0.1, 0.15) is 26.4 Å². The number of nitrogens with one attached hydrogen (secondary N) is 1. The van der Waals surface area contributed by atoms with E-state index in [0.29, 0.717) is 38.4 Å². The molecule has 10 heteroatoms. The van der Waals surface area contributed by atoms with Crippen LogP contribution < -0.4 is 14.9 Å². The number of fused-ring (bicyclic) bond motifs is 1. The number of hydrazone groups is 1. The van der Waals surface area contributed by atoms with E-state index >= 15 is 0 Å². The number of rotatable bonds is 8. The zero-order chi connectivity index (χ0) is 24.9. The van der Waals surface area contributed by atoms with Crippen LogP contribution in [0.5, 0.6) is 11.5 Å². The van der Waals surface area contributed by atoms with Crippen LogP contribution in [-0.4, -0.2) is 24.2 Å². The minimum absolute atomic E-state index is 0.0221. The maximum atomic E-state index is 12.5. The molecule has 0 spiro atoms. The third-order valence-corrected chi connectivity index (χ3v) is 6.77. The highest BCUT2D eigenvalue weighted by Gasteiger charge is 2.14. The minimum Gasteiger partial charge on any atom is -0.493 e. The van der Waals surface area contributed by atoms with Crippen molar-refractivity contribution in [3.05, 3.63) is 96.8 Å². The molecule has 1 N–H and O–H groups in total. The average molecular weight is 554 g/mol. The highest BCUT2D eigenvalue weighted by Crippen LogP contribution is 2.37. The molecule has 0 radical (unpaired) electrons. The van der Waals surface area contributed by atoms with Gasteiger partial charge in [0.1, 0.15) is 6.61 Å². The number of carbonyl (C=O) groups excluding carboxylic acids is 1. The molecular weight excluding hydrogens is 534 g/mol. The third-order valence-electron chi connectivity index (χ3n) is 5.07. The number of amides is 1. The maximum Gasteiger partial charge on any atom is 0.281 e. The van der Waals surface area contributed by atoms with Crippen LogP contribution in [0.2, 0.25) is 0 Å². The van der Waals surface area contributed by atoms with Gasteiger partial charge in [-0.2, -0.15) is 5.10 Å². The summed E-state index contributed by atoms with van der Waals surface area (Å²) in [4.78, 5) is 23.4. The van der Waals surface area contributed by atoms with Crippen molar-refractivity contribution in [3.63, 3.8) is 0 Å². The quantitative estimate of drug-likeness (QED) is 0.158. The molecule has 0 aliphatic heterocycles. The monoisotopic (exact) mass is 553 g/mol. The summed E-state index contributed by atoms with van der Waals surface area (Å²) in [6.07, 6.45) is 1.49. The number of thiophene rings is 1. The first-order chi connectivity index (χ1) is 16.8. The van der Waals surface area contributed by atoms with Gasteiger partial charge in [0.05, 0.1) is 27.6 Å². The molecule has 0 saturated carbocycles. The lowest BCUT2D eigenvalue weighted by atomic mass is 10.2. The highest BCUT2D eigenvalue weighted by atomic mass is 79.9. The second-order valence-electron chi connectivity index (χ2n) is 7.60. The normalized spacial score (nSPS) is 11.1. The van der Waals surface area contributed by atoms with Gasteiger partial charge in [-0.1, -0.05) is 29.8 Å². The van der Waals surface area contributed by atoms with Crippen molar-refractivity contribution in [1.82, 2.24) is 5.43 Å². The molecule has 0 fully saturated rings. The van der Waals surface area contributed by atoms with Crippen molar-refractivity contribution in [3.8, 4) is 11.5 Å². The zero-order valence-corrected chi connectivity index (χ0v) is 21.2. The van der Waals surface area contributed by atoms with E-state index in [4.69, 9.17) is 9.47 Å². The largest absolute Gasteiger partial charge is 0.493 e. The first-order valence-corrected chi connectivity index (χ1v) is 12.0. The van der Waals surface area contributed by atoms with Crippen molar-refractivity contribution in [2.24, 2.45) is 5.10 Å². The molecule has 178 valence electrons. The average Bonchev–Trinajstić information content (AvgIpc) is 3.27. The Morgan fingerprint density at radius 3 is 2.66 bits per heavy atom. The van der Waals surface area contributed by atoms with Crippen LogP contribution in [0.3, 0.4) is 0 Å². The Bertz CT molecular complexity index is 1430. The van der Waals surface area contributed by atoms with Gasteiger partial charge in [0.15, 0.2) is 11.5 Å². The second-order valence-corrected chi connectivity index (χ2v) is 9.54. The van der Waals surface area contributed by atoms with E-state index in [1.807, 2.05) is 31.2 Å². The summed E-state index contributed by atoms with van der Waals surface area (Å²) in [5.74, 6) is 0.674. The fraction of sp³-hybridized carbons (Fsp3) is 0.120. The summed E-state index contributed by atoms with van der Waals surface area (Å²) < 4.78 is 12.9. The predicted octanol–water partition coefficient (Wildman–Crippen LogP) is 6.23. The summed E-state index contributed by atoms with van der Waals surface area (Å²) in [6, 6.07) is 17.7. The number of carbonyl (C=O) groups is 1. The van der Waals surface area contributed by atoms with Crippen LogP contribution >= 0.6 is 27.3 Å². The number of nitro benzene ring substituents is 1. The fourth-order valence-corrected chi connectivity index (χ4v) is 4.78. The summed E-state index contributed by atoms with van der Waals surface area (Å²) in [7, 11) is 1.55. The molecule has 0 aliphatic rings. The van der Waals surface area contributed by atoms with Crippen LogP contribution in [0.4, 0.5) is 5.69 Å². The van der Waals surface area contributed by atoms with Gasteiger partial charge in [0.25, 0.3) is 11.6 Å². The molecule has 0 bridgehead atoms. The van der Waals surface area contributed by atoms with Crippen molar-refractivity contribution in [1.29, 1.82) is 0 Å². The Kier molecular flexibility index (Phi) is 7.42. The molecule has 3 aromatic carbocycles. The number of nitro groups is 1. The van der Waals surface area contributed by atoms with E-state index in [0.717, 1.165) is 10.3 Å². The standard InChI is InChI=1S/C25H20BrN3O5S/c1-15-3-5-16(6-4-15)14-34-24-20(26)9-17(10-21(24)33-2)13-27-28-25(30)23-12-18-11-19(29(31)32)7-8-22(18)35-23/h3-13H,14H2,1-2H3,(H,28,30)/b27-13-. The van der Waals surface area contributed by atoms with Gasteiger partial charge in [-0.15, -0.1) is 11.3 Å². The molecule has 1 amide bonds. The maximum absolute atomic E-state index is 12.5. The minimum atomic E-state index is -0.466. The smallest absolute Gasteiger partial charge is 0.281 e. The van der Waals surface area contributed by atoms with Crippen LogP contribution in [0.25, 0.3) is 10.1 Å². The predicted molar refractivity (Wildman–Crippen MR) is 140 cm³/mol. The molecule has 0 unspecified atom stereocenters. The lowest BCUT2D eigenvalue weighted by Gasteiger charge is -2.13. The Hall–Kier alpha value is -3.76. The van der Waals surface area contributed by atoms with Crippen molar-refractivity contribution in [2.75, 3.05) is 7.11 Å². The van der Waals surface area contributed by atoms with E-state index in [-0.39, 0.29) is 5.69 Å². The first kappa shape index (κ1) is 24.4. The molecule has 0 saturated heterocycles.